The fraction of sp³-hybridized carbons (Fsp3) is 0.500. The van der Waals surface area contributed by atoms with Gasteiger partial charge in [-0.05, 0) is 55.1 Å². The quantitative estimate of drug-likeness (QED) is 0.611. The third-order valence-corrected chi connectivity index (χ3v) is 8.24. The van der Waals surface area contributed by atoms with Crippen LogP contribution >= 0.6 is 11.3 Å². The first-order chi connectivity index (χ1) is 15.3. The molecule has 7 heteroatoms. The molecule has 4 fully saturated rings. The van der Waals surface area contributed by atoms with Crippen molar-refractivity contribution in [2.75, 3.05) is 45.9 Å². The smallest absolute Gasteiger partial charge is 0.123 e. The summed E-state index contributed by atoms with van der Waals surface area (Å²) < 4.78 is 7.58. The number of piperidine rings is 3. The molecule has 6 heterocycles. The summed E-state index contributed by atoms with van der Waals surface area (Å²) in [6.07, 6.45) is 4.75. The van der Waals surface area contributed by atoms with Gasteiger partial charge in [0.1, 0.15) is 5.69 Å². The predicted octanol–water partition coefficient (Wildman–Crippen LogP) is 3.77. The Morgan fingerprint density at radius 3 is 2.45 bits per heavy atom. The number of fused-ring (bicyclic) bond motifs is 3. The molecule has 0 radical (unpaired) electrons. The SMILES string of the molecule is c1cc(-c2ccc(-c3cn([C@H]4CN5CCC4CC5)nn3)s2)ccc1CN1CCOCC1. The molecule has 1 aromatic carbocycles. The fourth-order valence-corrected chi connectivity index (χ4v) is 6.17. The highest BCUT2D eigenvalue weighted by molar-refractivity contribution is 7.18. The first kappa shape index (κ1) is 19.6. The van der Waals surface area contributed by atoms with Gasteiger partial charge in [0.25, 0.3) is 0 Å². The van der Waals surface area contributed by atoms with Gasteiger partial charge in [-0.2, -0.15) is 0 Å². The van der Waals surface area contributed by atoms with Crippen molar-refractivity contribution in [3.8, 4) is 21.0 Å². The Hall–Kier alpha value is -2.06. The highest BCUT2D eigenvalue weighted by atomic mass is 32.1. The van der Waals surface area contributed by atoms with E-state index >= 15 is 0 Å². The summed E-state index contributed by atoms with van der Waals surface area (Å²) in [6.45, 7) is 8.37. The average Bonchev–Trinajstić information content (AvgIpc) is 3.51. The molecule has 2 bridgehead atoms. The number of benzene rings is 1. The molecule has 7 rings (SSSR count). The van der Waals surface area contributed by atoms with Crippen LogP contribution in [0.5, 0.6) is 0 Å². The molecule has 4 aliphatic rings. The Morgan fingerprint density at radius 2 is 1.71 bits per heavy atom. The molecule has 2 aromatic heterocycles. The van der Waals surface area contributed by atoms with Crippen molar-refractivity contribution in [3.63, 3.8) is 0 Å². The number of aromatic nitrogens is 3. The predicted molar refractivity (Wildman–Crippen MR) is 123 cm³/mol. The molecule has 0 unspecified atom stereocenters. The van der Waals surface area contributed by atoms with Crippen LogP contribution in [0.2, 0.25) is 0 Å². The largest absolute Gasteiger partial charge is 0.379 e. The fourth-order valence-electron chi connectivity index (χ4n) is 5.21. The highest BCUT2D eigenvalue weighted by Crippen LogP contribution is 2.37. The molecule has 0 amide bonds. The van der Waals surface area contributed by atoms with Crippen LogP contribution in [-0.2, 0) is 11.3 Å². The minimum absolute atomic E-state index is 0.488. The second-order valence-corrected chi connectivity index (χ2v) is 10.1. The number of hydrogen-bond donors (Lipinski definition) is 0. The van der Waals surface area contributed by atoms with Gasteiger partial charge in [0.2, 0.25) is 0 Å². The Labute approximate surface area is 187 Å². The summed E-state index contributed by atoms with van der Waals surface area (Å²) in [5, 5.41) is 9.04. The lowest BCUT2D eigenvalue weighted by Gasteiger charge is -2.44. The molecule has 162 valence electrons. The van der Waals surface area contributed by atoms with Gasteiger partial charge in [-0.3, -0.25) is 4.90 Å². The second kappa shape index (κ2) is 8.47. The zero-order valence-corrected chi connectivity index (χ0v) is 18.6. The van der Waals surface area contributed by atoms with Gasteiger partial charge in [0.15, 0.2) is 0 Å². The maximum Gasteiger partial charge on any atom is 0.123 e. The number of thiophene rings is 1. The summed E-state index contributed by atoms with van der Waals surface area (Å²) in [6, 6.07) is 13.9. The summed E-state index contributed by atoms with van der Waals surface area (Å²) in [5.74, 6) is 0.759. The zero-order valence-electron chi connectivity index (χ0n) is 17.8. The molecule has 0 N–H and O–H groups in total. The van der Waals surface area contributed by atoms with E-state index in [-0.39, 0.29) is 0 Å². The van der Waals surface area contributed by atoms with Crippen molar-refractivity contribution < 1.29 is 4.74 Å². The normalized spacial score (nSPS) is 26.4. The number of rotatable bonds is 5. The van der Waals surface area contributed by atoms with Crippen molar-refractivity contribution in [1.29, 1.82) is 0 Å². The molecule has 4 aliphatic heterocycles. The number of nitrogens with zero attached hydrogens (tertiary/aromatic N) is 5. The van der Waals surface area contributed by atoms with Crippen molar-refractivity contribution >= 4 is 11.3 Å². The first-order valence-electron chi connectivity index (χ1n) is 11.5. The number of ether oxygens (including phenoxy) is 1. The summed E-state index contributed by atoms with van der Waals surface area (Å²) in [5.41, 5.74) is 3.63. The third-order valence-electron chi connectivity index (χ3n) is 7.08. The molecule has 0 saturated carbocycles. The maximum absolute atomic E-state index is 5.45. The molecular formula is C24H29N5OS. The Kier molecular flexibility index (Phi) is 5.36. The molecular weight excluding hydrogens is 406 g/mol. The maximum atomic E-state index is 5.45. The van der Waals surface area contributed by atoms with Crippen LogP contribution in [0.3, 0.4) is 0 Å². The van der Waals surface area contributed by atoms with Gasteiger partial charge in [0.05, 0.1) is 30.3 Å². The number of hydrogen-bond acceptors (Lipinski definition) is 6. The molecule has 6 nitrogen and oxygen atoms in total. The first-order valence-corrected chi connectivity index (χ1v) is 12.3. The van der Waals surface area contributed by atoms with E-state index in [9.17, 15) is 0 Å². The van der Waals surface area contributed by atoms with Crippen molar-refractivity contribution in [2.45, 2.75) is 25.4 Å². The topological polar surface area (TPSA) is 46.4 Å². The number of morpholine rings is 1. The van der Waals surface area contributed by atoms with Crippen molar-refractivity contribution in [2.24, 2.45) is 5.92 Å². The summed E-state index contributed by atoms with van der Waals surface area (Å²) in [4.78, 5) is 7.50. The lowest BCUT2D eigenvalue weighted by atomic mass is 9.84. The third kappa shape index (κ3) is 4.07. The van der Waals surface area contributed by atoms with Crippen LogP contribution in [0.15, 0.2) is 42.6 Å². The van der Waals surface area contributed by atoms with Crippen LogP contribution in [-0.4, -0.2) is 70.7 Å². The van der Waals surface area contributed by atoms with E-state index in [0.717, 1.165) is 51.0 Å². The van der Waals surface area contributed by atoms with Gasteiger partial charge >= 0.3 is 0 Å². The average molecular weight is 436 g/mol. The highest BCUT2D eigenvalue weighted by Gasteiger charge is 2.35. The van der Waals surface area contributed by atoms with E-state index in [1.165, 1.54) is 46.8 Å². The van der Waals surface area contributed by atoms with E-state index in [1.807, 2.05) is 0 Å². The van der Waals surface area contributed by atoms with Gasteiger partial charge in [-0.25, -0.2) is 4.68 Å². The Balaban J connectivity index is 1.15. The van der Waals surface area contributed by atoms with Gasteiger partial charge in [0, 0.05) is 31.1 Å². The van der Waals surface area contributed by atoms with Crippen molar-refractivity contribution in [3.05, 3.63) is 48.2 Å². The van der Waals surface area contributed by atoms with Crippen LogP contribution in [0.1, 0.15) is 24.4 Å². The van der Waals surface area contributed by atoms with Gasteiger partial charge < -0.3 is 9.64 Å². The lowest BCUT2D eigenvalue weighted by Crippen LogP contribution is -2.48. The Morgan fingerprint density at radius 1 is 0.935 bits per heavy atom. The molecule has 1 atom stereocenters. The van der Waals surface area contributed by atoms with Crippen LogP contribution in [0, 0.1) is 5.92 Å². The minimum atomic E-state index is 0.488. The van der Waals surface area contributed by atoms with Crippen LogP contribution in [0.4, 0.5) is 0 Å². The van der Waals surface area contributed by atoms with E-state index in [1.54, 1.807) is 11.3 Å². The second-order valence-electron chi connectivity index (χ2n) is 9.04. The van der Waals surface area contributed by atoms with Gasteiger partial charge in [-0.1, -0.05) is 29.5 Å². The zero-order chi connectivity index (χ0) is 20.6. The van der Waals surface area contributed by atoms with Crippen LogP contribution < -0.4 is 0 Å². The van der Waals surface area contributed by atoms with Crippen molar-refractivity contribution in [1.82, 2.24) is 24.8 Å². The molecule has 0 aliphatic carbocycles. The molecule has 3 aromatic rings. The lowest BCUT2D eigenvalue weighted by molar-refractivity contribution is 0.0342. The van der Waals surface area contributed by atoms with E-state index in [2.05, 4.69) is 67.4 Å². The molecule has 31 heavy (non-hydrogen) atoms. The van der Waals surface area contributed by atoms with E-state index in [4.69, 9.17) is 4.74 Å². The minimum Gasteiger partial charge on any atom is -0.379 e. The summed E-state index contributed by atoms with van der Waals surface area (Å²) in [7, 11) is 0. The molecule has 0 spiro atoms. The summed E-state index contributed by atoms with van der Waals surface area (Å²) >= 11 is 1.80. The van der Waals surface area contributed by atoms with Gasteiger partial charge in [-0.15, -0.1) is 16.4 Å². The van der Waals surface area contributed by atoms with E-state index in [0.29, 0.717) is 6.04 Å². The van der Waals surface area contributed by atoms with Crippen LogP contribution in [0.25, 0.3) is 21.0 Å². The monoisotopic (exact) mass is 435 g/mol. The Bertz CT molecular complexity index is 1010. The standard InChI is InChI=1S/C24H29N5OS/c1-3-20(4-2-18(1)15-28-11-13-30-14-12-28)23-5-6-24(31-23)21-16-29(26-25-21)22-17-27-9-7-19(22)8-10-27/h1-6,16,19,22H,7-15,17H2/t22-/m0/s1. The molecule has 4 saturated heterocycles. The van der Waals surface area contributed by atoms with E-state index < -0.39 is 0 Å².